The summed E-state index contributed by atoms with van der Waals surface area (Å²) in [6.45, 7) is 3.29. The van der Waals surface area contributed by atoms with Gasteiger partial charge in [0.2, 0.25) is 0 Å². The highest BCUT2D eigenvalue weighted by molar-refractivity contribution is 5.84. The van der Waals surface area contributed by atoms with Gasteiger partial charge in [-0.3, -0.25) is 10.0 Å². The van der Waals surface area contributed by atoms with E-state index in [0.717, 1.165) is 5.56 Å². The van der Waals surface area contributed by atoms with Crippen LogP contribution in [-0.2, 0) is 11.3 Å². The van der Waals surface area contributed by atoms with Crippen LogP contribution >= 0.6 is 0 Å². The van der Waals surface area contributed by atoms with Crippen LogP contribution in [0, 0.1) is 23.1 Å². The molecule has 0 atom stereocenters. The van der Waals surface area contributed by atoms with Crippen LogP contribution in [-0.4, -0.2) is 16.2 Å². The van der Waals surface area contributed by atoms with E-state index < -0.39 is 11.3 Å². The van der Waals surface area contributed by atoms with Crippen LogP contribution in [0.15, 0.2) is 54.6 Å². The maximum Gasteiger partial charge on any atom is 0.263 e. The van der Waals surface area contributed by atoms with Crippen molar-refractivity contribution in [2.24, 2.45) is 5.41 Å². The normalized spacial score (nSPS) is 10.6. The molecule has 0 heterocycles. The Balaban J connectivity index is 2.08. The Morgan fingerprint density at radius 2 is 1.74 bits per heavy atom. The first-order valence-corrected chi connectivity index (χ1v) is 7.22. The highest BCUT2D eigenvalue weighted by Crippen LogP contribution is 2.19. The summed E-state index contributed by atoms with van der Waals surface area (Å²) >= 11 is 0. The Bertz CT molecular complexity index is 727. The van der Waals surface area contributed by atoms with Crippen molar-refractivity contribution in [2.75, 3.05) is 0 Å². The van der Waals surface area contributed by atoms with Crippen molar-refractivity contribution >= 4 is 5.91 Å². The molecule has 0 aliphatic rings. The predicted octanol–water partition coefficient (Wildman–Crippen LogP) is 3.62. The second-order valence-electron chi connectivity index (χ2n) is 5.73. The molecule has 0 fully saturated rings. The Labute approximate surface area is 135 Å². The first-order chi connectivity index (χ1) is 10.9. The van der Waals surface area contributed by atoms with Gasteiger partial charge < -0.3 is 0 Å². The summed E-state index contributed by atoms with van der Waals surface area (Å²) in [4.78, 5) is 12.4. The van der Waals surface area contributed by atoms with Crippen LogP contribution in [0.5, 0.6) is 0 Å². The van der Waals surface area contributed by atoms with E-state index in [9.17, 15) is 14.4 Å². The molecule has 0 unspecified atom stereocenters. The summed E-state index contributed by atoms with van der Waals surface area (Å²) in [7, 11) is 0. The number of hydrogen-bond acceptors (Lipinski definition) is 2. The number of hydrogen-bond donors (Lipinski definition) is 1. The van der Waals surface area contributed by atoms with E-state index >= 15 is 0 Å². The number of rotatable bonds is 3. The van der Waals surface area contributed by atoms with Gasteiger partial charge in [0.25, 0.3) is 5.91 Å². The van der Waals surface area contributed by atoms with Gasteiger partial charge in [-0.15, -0.1) is 0 Å². The molecule has 118 valence electrons. The summed E-state index contributed by atoms with van der Waals surface area (Å²) < 4.78 is 12.9. The largest absolute Gasteiger partial charge is 0.286 e. The molecule has 2 aromatic carbocycles. The van der Waals surface area contributed by atoms with Crippen molar-refractivity contribution in [3.63, 3.8) is 0 Å². The Morgan fingerprint density at radius 3 is 2.35 bits per heavy atom. The molecule has 1 N–H and O–H groups in total. The lowest BCUT2D eigenvalue weighted by Crippen LogP contribution is -2.37. The van der Waals surface area contributed by atoms with Crippen LogP contribution in [0.4, 0.5) is 4.39 Å². The minimum absolute atomic E-state index is 0.0183. The van der Waals surface area contributed by atoms with E-state index in [1.54, 1.807) is 13.8 Å². The van der Waals surface area contributed by atoms with E-state index in [1.807, 2.05) is 30.3 Å². The van der Waals surface area contributed by atoms with Gasteiger partial charge in [-0.2, -0.15) is 0 Å². The first-order valence-electron chi connectivity index (χ1n) is 7.22. The van der Waals surface area contributed by atoms with E-state index in [1.165, 1.54) is 24.3 Å². The van der Waals surface area contributed by atoms with Crippen molar-refractivity contribution in [3.8, 4) is 11.8 Å². The smallest absolute Gasteiger partial charge is 0.263 e. The predicted molar refractivity (Wildman–Crippen MR) is 85.8 cm³/mol. The molecule has 0 aliphatic carbocycles. The lowest BCUT2D eigenvalue weighted by atomic mass is 9.92. The standard InChI is InChI=1S/C19H18FNO2/c1-19(2,13-12-15-6-4-3-5-7-15)18(22)21(23)14-16-8-10-17(20)11-9-16/h3-11,23H,14H2,1-2H3. The third kappa shape index (κ3) is 4.67. The number of amides is 1. The fourth-order valence-electron chi connectivity index (χ4n) is 1.96. The molecular formula is C19H18FNO2. The van der Waals surface area contributed by atoms with E-state index in [0.29, 0.717) is 10.6 Å². The number of halogens is 1. The van der Waals surface area contributed by atoms with Crippen LogP contribution in [0.25, 0.3) is 0 Å². The third-order valence-electron chi connectivity index (χ3n) is 3.31. The van der Waals surface area contributed by atoms with Crippen LogP contribution in [0.3, 0.4) is 0 Å². The zero-order valence-electron chi connectivity index (χ0n) is 13.1. The molecule has 3 nitrogen and oxygen atoms in total. The maximum atomic E-state index is 12.9. The van der Waals surface area contributed by atoms with Gasteiger partial charge in [0.05, 0.1) is 6.54 Å². The van der Waals surface area contributed by atoms with Crippen LogP contribution < -0.4 is 0 Å². The summed E-state index contributed by atoms with van der Waals surface area (Å²) in [5.41, 5.74) is 0.399. The zero-order valence-corrected chi connectivity index (χ0v) is 13.1. The van der Waals surface area contributed by atoms with Crippen LogP contribution in [0.2, 0.25) is 0 Å². The number of hydroxylamine groups is 2. The van der Waals surface area contributed by atoms with Gasteiger partial charge in [-0.1, -0.05) is 42.2 Å². The lowest BCUT2D eigenvalue weighted by Gasteiger charge is -2.23. The molecular weight excluding hydrogens is 293 g/mol. The zero-order chi connectivity index (χ0) is 16.9. The molecule has 0 saturated carbocycles. The summed E-state index contributed by atoms with van der Waals surface area (Å²) in [5, 5.41) is 10.6. The van der Waals surface area contributed by atoms with Crippen molar-refractivity contribution < 1.29 is 14.4 Å². The van der Waals surface area contributed by atoms with Crippen molar-refractivity contribution in [1.29, 1.82) is 0 Å². The van der Waals surface area contributed by atoms with Crippen molar-refractivity contribution in [1.82, 2.24) is 5.06 Å². The van der Waals surface area contributed by atoms with E-state index in [-0.39, 0.29) is 12.4 Å². The van der Waals surface area contributed by atoms with Gasteiger partial charge in [-0.05, 0) is 43.7 Å². The van der Waals surface area contributed by atoms with Gasteiger partial charge in [-0.25, -0.2) is 9.45 Å². The fraction of sp³-hybridized carbons (Fsp3) is 0.211. The number of carbonyl (C=O) groups excluding carboxylic acids is 1. The summed E-state index contributed by atoms with van der Waals surface area (Å²) in [5.74, 6) is 4.95. The SMILES string of the molecule is CC(C)(C#Cc1ccccc1)C(=O)N(O)Cc1ccc(F)cc1. The molecule has 0 spiro atoms. The minimum atomic E-state index is -1.04. The van der Waals surface area contributed by atoms with Crippen molar-refractivity contribution in [3.05, 3.63) is 71.5 Å². The van der Waals surface area contributed by atoms with E-state index in [4.69, 9.17) is 0 Å². The highest BCUT2D eigenvalue weighted by Gasteiger charge is 2.30. The molecule has 1 amide bonds. The topological polar surface area (TPSA) is 40.5 Å². The van der Waals surface area contributed by atoms with Crippen molar-refractivity contribution in [2.45, 2.75) is 20.4 Å². The Morgan fingerprint density at radius 1 is 1.13 bits per heavy atom. The van der Waals surface area contributed by atoms with Crippen LogP contribution in [0.1, 0.15) is 25.0 Å². The van der Waals surface area contributed by atoms with E-state index in [2.05, 4.69) is 11.8 Å². The Hall–Kier alpha value is -2.64. The summed E-state index contributed by atoms with van der Waals surface area (Å²) in [6, 6.07) is 14.9. The maximum absolute atomic E-state index is 12.9. The van der Waals surface area contributed by atoms with Gasteiger partial charge in [0.15, 0.2) is 0 Å². The number of carbonyl (C=O) groups is 1. The Kier molecular flexibility index (Phi) is 5.15. The molecule has 0 radical (unpaired) electrons. The average Bonchev–Trinajstić information content (AvgIpc) is 2.55. The molecule has 2 aromatic rings. The van der Waals surface area contributed by atoms with Gasteiger partial charge in [0.1, 0.15) is 11.2 Å². The fourth-order valence-corrected chi connectivity index (χ4v) is 1.96. The molecule has 0 aliphatic heterocycles. The first kappa shape index (κ1) is 16.7. The third-order valence-corrected chi connectivity index (χ3v) is 3.31. The second-order valence-corrected chi connectivity index (χ2v) is 5.73. The number of benzene rings is 2. The second kappa shape index (κ2) is 7.08. The monoisotopic (exact) mass is 311 g/mol. The van der Waals surface area contributed by atoms with Gasteiger partial charge in [0, 0.05) is 5.56 Å². The summed E-state index contributed by atoms with van der Waals surface area (Å²) in [6.07, 6.45) is 0. The molecule has 0 aromatic heterocycles. The average molecular weight is 311 g/mol. The molecule has 4 heteroatoms. The molecule has 23 heavy (non-hydrogen) atoms. The molecule has 0 bridgehead atoms. The quantitative estimate of drug-likeness (QED) is 0.534. The number of nitrogens with zero attached hydrogens (tertiary/aromatic N) is 1. The highest BCUT2D eigenvalue weighted by atomic mass is 19.1. The molecule has 0 saturated heterocycles. The lowest BCUT2D eigenvalue weighted by molar-refractivity contribution is -0.175. The minimum Gasteiger partial charge on any atom is -0.286 e. The molecule has 2 rings (SSSR count). The van der Waals surface area contributed by atoms with Gasteiger partial charge >= 0.3 is 0 Å².